The summed E-state index contributed by atoms with van der Waals surface area (Å²) in [6.45, 7) is 0. The predicted molar refractivity (Wildman–Crippen MR) is 122 cm³/mol. The number of carbonyl (C=O) groups is 1. The van der Waals surface area contributed by atoms with E-state index in [1.165, 1.54) is 11.7 Å². The number of fused-ring (bicyclic) bond motifs is 3. The lowest BCUT2D eigenvalue weighted by atomic mass is 9.87. The number of anilines is 1. The maximum Gasteiger partial charge on any atom is 0.362 e. The zero-order valence-electron chi connectivity index (χ0n) is 17.0. The molecule has 2 aromatic carbocycles. The van der Waals surface area contributed by atoms with Crippen molar-refractivity contribution in [1.82, 2.24) is 9.55 Å². The SMILES string of the molecule is COC(=O)C1=c2oc(=O)/c(=C\c3ccc(Cl)cc3)n2-c2oc(N)nc2C1c1ccc(Cl)cc1. The van der Waals surface area contributed by atoms with Crippen molar-refractivity contribution in [2.75, 3.05) is 12.8 Å². The number of rotatable bonds is 3. The summed E-state index contributed by atoms with van der Waals surface area (Å²) in [6.07, 6.45) is 1.59. The van der Waals surface area contributed by atoms with E-state index in [1.54, 1.807) is 54.6 Å². The normalized spacial score (nSPS) is 15.3. The number of nitrogen functional groups attached to an aromatic ring is 1. The standard InChI is InChI=1S/C23H15Cl2N3O5/c1-31-22(30)17-16(12-4-8-14(25)9-5-12)18-20(33-23(26)27-18)28-15(21(29)32-19(17)28)10-11-2-6-13(24)7-3-11/h2-10,16H,1H3,(H2,26,27)/b15-10+. The molecule has 0 radical (unpaired) electrons. The van der Waals surface area contributed by atoms with Crippen molar-refractivity contribution in [3.63, 3.8) is 0 Å². The lowest BCUT2D eigenvalue weighted by Crippen LogP contribution is -2.37. The number of hydrogen-bond donors (Lipinski definition) is 1. The number of esters is 1. The molecule has 1 unspecified atom stereocenters. The summed E-state index contributed by atoms with van der Waals surface area (Å²) in [5, 5.41) is 1.18. The van der Waals surface area contributed by atoms with E-state index in [-0.39, 0.29) is 28.4 Å². The van der Waals surface area contributed by atoms with Crippen LogP contribution in [0.25, 0.3) is 17.5 Å². The second-order valence-corrected chi connectivity index (χ2v) is 8.12. The number of methoxy groups -OCH3 is 1. The van der Waals surface area contributed by atoms with Gasteiger partial charge in [-0.05, 0) is 41.5 Å². The van der Waals surface area contributed by atoms with Gasteiger partial charge in [-0.2, -0.15) is 4.98 Å². The number of oxazole rings is 2. The Labute approximate surface area is 196 Å². The van der Waals surface area contributed by atoms with Crippen LogP contribution < -0.4 is 22.3 Å². The molecule has 3 heterocycles. The molecule has 8 nitrogen and oxygen atoms in total. The second-order valence-electron chi connectivity index (χ2n) is 7.24. The summed E-state index contributed by atoms with van der Waals surface area (Å²) in [5.74, 6) is -1.29. The molecular formula is C23H15Cl2N3O5. The summed E-state index contributed by atoms with van der Waals surface area (Å²) >= 11 is 12.0. The van der Waals surface area contributed by atoms with Gasteiger partial charge in [0.25, 0.3) is 6.01 Å². The van der Waals surface area contributed by atoms with Crippen LogP contribution in [-0.4, -0.2) is 22.6 Å². The maximum atomic E-state index is 12.9. The van der Waals surface area contributed by atoms with E-state index in [1.807, 2.05) is 0 Å². The Hall–Kier alpha value is -3.75. The van der Waals surface area contributed by atoms with E-state index in [0.717, 1.165) is 0 Å². The molecule has 2 aromatic heterocycles. The molecule has 4 aromatic rings. The lowest BCUT2D eigenvalue weighted by Gasteiger charge is -2.21. The van der Waals surface area contributed by atoms with Gasteiger partial charge in [0.05, 0.1) is 13.0 Å². The molecule has 0 fully saturated rings. The van der Waals surface area contributed by atoms with E-state index in [4.69, 9.17) is 42.5 Å². The molecule has 0 aliphatic carbocycles. The maximum absolute atomic E-state index is 12.9. The van der Waals surface area contributed by atoms with E-state index < -0.39 is 17.5 Å². The van der Waals surface area contributed by atoms with Gasteiger partial charge >= 0.3 is 11.6 Å². The molecule has 0 saturated heterocycles. The van der Waals surface area contributed by atoms with Crippen molar-refractivity contribution >= 4 is 46.8 Å². The van der Waals surface area contributed by atoms with Gasteiger partial charge in [-0.15, -0.1) is 0 Å². The van der Waals surface area contributed by atoms with Crippen LogP contribution in [0.5, 0.6) is 0 Å². The minimum atomic E-state index is -0.764. The average Bonchev–Trinajstić information content (AvgIpc) is 3.33. The van der Waals surface area contributed by atoms with Crippen LogP contribution in [-0.2, 0) is 9.53 Å². The Morgan fingerprint density at radius 1 is 1.09 bits per heavy atom. The summed E-state index contributed by atoms with van der Waals surface area (Å²) in [7, 11) is 1.24. The fourth-order valence-corrected chi connectivity index (χ4v) is 4.10. The minimum absolute atomic E-state index is 0.0318. The van der Waals surface area contributed by atoms with Crippen molar-refractivity contribution in [3.05, 3.63) is 96.7 Å². The van der Waals surface area contributed by atoms with E-state index in [2.05, 4.69) is 4.98 Å². The van der Waals surface area contributed by atoms with E-state index in [0.29, 0.717) is 26.9 Å². The summed E-state index contributed by atoms with van der Waals surface area (Å²) in [4.78, 5) is 30.2. The molecule has 33 heavy (non-hydrogen) atoms. The summed E-state index contributed by atoms with van der Waals surface area (Å²) in [5.41, 5.74) is 6.93. The molecule has 1 aliphatic heterocycles. The first-order valence-electron chi connectivity index (χ1n) is 9.71. The van der Waals surface area contributed by atoms with Crippen LogP contribution in [0.1, 0.15) is 22.7 Å². The van der Waals surface area contributed by atoms with Crippen LogP contribution in [0.2, 0.25) is 10.0 Å². The number of halogens is 2. The Morgan fingerprint density at radius 3 is 2.36 bits per heavy atom. The molecular weight excluding hydrogens is 469 g/mol. The van der Waals surface area contributed by atoms with Crippen molar-refractivity contribution in [3.8, 4) is 5.88 Å². The highest BCUT2D eigenvalue weighted by Crippen LogP contribution is 2.38. The third-order valence-corrected chi connectivity index (χ3v) is 5.78. The number of nitrogens with zero attached hydrogens (tertiary/aromatic N) is 2. The quantitative estimate of drug-likeness (QED) is 0.445. The Morgan fingerprint density at radius 2 is 1.73 bits per heavy atom. The Balaban J connectivity index is 1.90. The van der Waals surface area contributed by atoms with Crippen molar-refractivity contribution < 1.29 is 18.4 Å². The van der Waals surface area contributed by atoms with Gasteiger partial charge in [-0.25, -0.2) is 14.2 Å². The predicted octanol–water partition coefficient (Wildman–Crippen LogP) is 2.61. The topological polar surface area (TPSA) is 113 Å². The largest absolute Gasteiger partial charge is 0.465 e. The fourth-order valence-electron chi connectivity index (χ4n) is 3.85. The third kappa shape index (κ3) is 3.53. The second kappa shape index (κ2) is 7.99. The van der Waals surface area contributed by atoms with Crippen molar-refractivity contribution in [1.29, 1.82) is 0 Å². The smallest absolute Gasteiger partial charge is 0.362 e. The first kappa shape index (κ1) is 21.1. The molecule has 166 valence electrons. The third-order valence-electron chi connectivity index (χ3n) is 5.27. The Kier molecular flexibility index (Phi) is 5.11. The van der Waals surface area contributed by atoms with Crippen LogP contribution in [0, 0.1) is 0 Å². The zero-order valence-corrected chi connectivity index (χ0v) is 18.6. The molecule has 5 rings (SSSR count). The highest BCUT2D eigenvalue weighted by Gasteiger charge is 2.39. The van der Waals surface area contributed by atoms with Gasteiger partial charge in [0.15, 0.2) is 0 Å². The lowest BCUT2D eigenvalue weighted by molar-refractivity contribution is -0.134. The molecule has 0 bridgehead atoms. The highest BCUT2D eigenvalue weighted by molar-refractivity contribution is 6.30. The fraction of sp³-hybridized carbons (Fsp3) is 0.0870. The number of hydrogen-bond acceptors (Lipinski definition) is 7. The van der Waals surface area contributed by atoms with Gasteiger partial charge in [-0.3, -0.25) is 0 Å². The van der Waals surface area contributed by atoms with Crippen LogP contribution >= 0.6 is 23.2 Å². The number of aromatic nitrogens is 2. The summed E-state index contributed by atoms with van der Waals surface area (Å²) < 4.78 is 17.7. The van der Waals surface area contributed by atoms with Gasteiger partial charge in [0.2, 0.25) is 11.4 Å². The number of ether oxygens (including phenoxy) is 1. The summed E-state index contributed by atoms with van der Waals surface area (Å²) in [6, 6.07) is 13.6. The molecule has 2 N–H and O–H groups in total. The first-order valence-corrected chi connectivity index (χ1v) is 10.5. The van der Waals surface area contributed by atoms with Crippen molar-refractivity contribution in [2.45, 2.75) is 5.92 Å². The minimum Gasteiger partial charge on any atom is -0.465 e. The zero-order chi connectivity index (χ0) is 23.3. The van der Waals surface area contributed by atoms with Crippen LogP contribution in [0.3, 0.4) is 0 Å². The molecule has 0 saturated carbocycles. The van der Waals surface area contributed by atoms with Crippen LogP contribution in [0.4, 0.5) is 6.01 Å². The molecule has 0 spiro atoms. The van der Waals surface area contributed by atoms with Gasteiger partial charge in [-0.1, -0.05) is 47.5 Å². The molecule has 1 aliphatic rings. The van der Waals surface area contributed by atoms with Crippen LogP contribution in [0.15, 0.2) is 62.2 Å². The first-order chi connectivity index (χ1) is 15.9. The van der Waals surface area contributed by atoms with Gasteiger partial charge in [0, 0.05) is 10.0 Å². The molecule has 10 heteroatoms. The Bertz CT molecular complexity index is 1560. The number of nitrogens with two attached hydrogens (primary N) is 1. The average molecular weight is 484 g/mol. The van der Waals surface area contributed by atoms with Gasteiger partial charge in [0.1, 0.15) is 16.6 Å². The molecule has 1 atom stereocenters. The monoisotopic (exact) mass is 483 g/mol. The highest BCUT2D eigenvalue weighted by atomic mass is 35.5. The van der Waals surface area contributed by atoms with Crippen molar-refractivity contribution in [2.24, 2.45) is 0 Å². The van der Waals surface area contributed by atoms with E-state index >= 15 is 0 Å². The van der Waals surface area contributed by atoms with E-state index in [9.17, 15) is 9.59 Å². The molecule has 0 amide bonds. The number of benzene rings is 2. The number of carbonyl (C=O) groups excluding carboxylic acids is 1. The van der Waals surface area contributed by atoms with Gasteiger partial charge < -0.3 is 19.3 Å².